The fraction of sp³-hybridized carbons (Fsp3) is 0.294. The van der Waals surface area contributed by atoms with Gasteiger partial charge in [-0.2, -0.15) is 0 Å². The molecular formula is C17H17F3O. The molecule has 1 nitrogen and oxygen atoms in total. The maximum absolute atomic E-state index is 13.2. The first-order valence-corrected chi connectivity index (χ1v) is 6.80. The van der Waals surface area contributed by atoms with E-state index in [0.717, 1.165) is 17.7 Å². The zero-order valence-electron chi connectivity index (χ0n) is 11.9. The average molecular weight is 294 g/mol. The lowest BCUT2D eigenvalue weighted by Gasteiger charge is -2.13. The standard InChI is InChI=1S/C17H17F3O/c1-10(2)12-5-3-11(4-6-12)7-16(21)13-8-14(18)17(20)15(19)9-13/h3-6,8-10,16,21H,7H2,1-2H3. The molecule has 1 atom stereocenters. The molecule has 0 bridgehead atoms. The van der Waals surface area contributed by atoms with Gasteiger partial charge < -0.3 is 5.11 Å². The highest BCUT2D eigenvalue weighted by atomic mass is 19.2. The summed E-state index contributed by atoms with van der Waals surface area (Å²) in [6, 6.07) is 9.30. The van der Waals surface area contributed by atoms with Crippen molar-refractivity contribution in [3.05, 3.63) is 70.5 Å². The summed E-state index contributed by atoms with van der Waals surface area (Å²) < 4.78 is 39.2. The molecule has 0 fully saturated rings. The Morgan fingerprint density at radius 2 is 1.43 bits per heavy atom. The summed E-state index contributed by atoms with van der Waals surface area (Å²) in [4.78, 5) is 0. The molecule has 2 aromatic rings. The van der Waals surface area contributed by atoms with Crippen molar-refractivity contribution in [2.24, 2.45) is 0 Å². The molecule has 0 aromatic heterocycles. The topological polar surface area (TPSA) is 20.2 Å². The second kappa shape index (κ2) is 6.31. The molecule has 0 aliphatic carbocycles. The van der Waals surface area contributed by atoms with Gasteiger partial charge in [-0.05, 0) is 34.7 Å². The zero-order valence-corrected chi connectivity index (χ0v) is 11.9. The van der Waals surface area contributed by atoms with E-state index >= 15 is 0 Å². The molecule has 1 N–H and O–H groups in total. The van der Waals surface area contributed by atoms with Crippen molar-refractivity contribution in [1.82, 2.24) is 0 Å². The van der Waals surface area contributed by atoms with Crippen LogP contribution in [0.2, 0.25) is 0 Å². The predicted octanol–water partition coefficient (Wildman–Crippen LogP) is 4.50. The minimum atomic E-state index is -1.52. The second-order valence-electron chi connectivity index (χ2n) is 5.41. The van der Waals surface area contributed by atoms with Crippen LogP contribution in [-0.4, -0.2) is 5.11 Å². The SMILES string of the molecule is CC(C)c1ccc(CC(O)c2cc(F)c(F)c(F)c2)cc1. The summed E-state index contributed by atoms with van der Waals surface area (Å²) in [5.41, 5.74) is 2.04. The van der Waals surface area contributed by atoms with Crippen molar-refractivity contribution >= 4 is 0 Å². The van der Waals surface area contributed by atoms with Crippen molar-refractivity contribution in [3.63, 3.8) is 0 Å². The predicted molar refractivity (Wildman–Crippen MR) is 75.5 cm³/mol. The number of hydrogen-bond donors (Lipinski definition) is 1. The van der Waals surface area contributed by atoms with Crippen molar-refractivity contribution in [1.29, 1.82) is 0 Å². The van der Waals surface area contributed by atoms with E-state index in [1.807, 2.05) is 24.3 Å². The van der Waals surface area contributed by atoms with Gasteiger partial charge in [-0.1, -0.05) is 38.1 Å². The highest BCUT2D eigenvalue weighted by Crippen LogP contribution is 2.23. The van der Waals surface area contributed by atoms with Gasteiger partial charge in [0.25, 0.3) is 0 Å². The quantitative estimate of drug-likeness (QED) is 0.823. The Kier molecular flexibility index (Phi) is 4.68. The van der Waals surface area contributed by atoms with Gasteiger partial charge in [0.1, 0.15) is 0 Å². The first-order chi connectivity index (χ1) is 9.88. The molecule has 0 heterocycles. The van der Waals surface area contributed by atoms with Gasteiger partial charge in [0, 0.05) is 6.42 Å². The Bertz CT molecular complexity index is 597. The molecule has 4 heteroatoms. The summed E-state index contributed by atoms with van der Waals surface area (Å²) in [5.74, 6) is -3.70. The van der Waals surface area contributed by atoms with Gasteiger partial charge >= 0.3 is 0 Å². The van der Waals surface area contributed by atoms with Crippen LogP contribution in [0.4, 0.5) is 13.2 Å². The van der Waals surface area contributed by atoms with Crippen molar-refractivity contribution in [2.45, 2.75) is 32.3 Å². The average Bonchev–Trinajstić information content (AvgIpc) is 2.44. The summed E-state index contributed by atoms with van der Waals surface area (Å²) in [6.45, 7) is 4.15. The van der Waals surface area contributed by atoms with Crippen LogP contribution in [0.1, 0.15) is 42.6 Å². The number of benzene rings is 2. The lowest BCUT2D eigenvalue weighted by Crippen LogP contribution is -2.05. The van der Waals surface area contributed by atoms with E-state index in [2.05, 4.69) is 13.8 Å². The van der Waals surface area contributed by atoms with Gasteiger partial charge in [-0.25, -0.2) is 13.2 Å². The Labute approximate surface area is 122 Å². The third-order valence-corrected chi connectivity index (χ3v) is 3.47. The minimum Gasteiger partial charge on any atom is -0.388 e. The molecule has 0 aliphatic heterocycles. The number of aliphatic hydroxyl groups excluding tert-OH is 1. The Morgan fingerprint density at radius 3 is 1.90 bits per heavy atom. The fourth-order valence-electron chi connectivity index (χ4n) is 2.15. The Hall–Kier alpha value is -1.81. The molecule has 2 rings (SSSR count). The van der Waals surface area contributed by atoms with Crippen LogP contribution in [0.5, 0.6) is 0 Å². The maximum atomic E-state index is 13.2. The first kappa shape index (κ1) is 15.6. The largest absolute Gasteiger partial charge is 0.388 e. The van der Waals surface area contributed by atoms with Gasteiger partial charge in [-0.3, -0.25) is 0 Å². The highest BCUT2D eigenvalue weighted by molar-refractivity contribution is 5.28. The third kappa shape index (κ3) is 3.64. The molecule has 0 radical (unpaired) electrons. The van der Waals surface area contributed by atoms with E-state index in [-0.39, 0.29) is 12.0 Å². The van der Waals surface area contributed by atoms with Gasteiger partial charge in [-0.15, -0.1) is 0 Å². The van der Waals surface area contributed by atoms with E-state index in [0.29, 0.717) is 5.92 Å². The molecular weight excluding hydrogens is 277 g/mol. The maximum Gasteiger partial charge on any atom is 0.194 e. The number of aliphatic hydroxyl groups is 1. The van der Waals surface area contributed by atoms with E-state index in [4.69, 9.17) is 0 Å². The number of rotatable bonds is 4. The van der Waals surface area contributed by atoms with Crippen LogP contribution in [0.3, 0.4) is 0 Å². The zero-order chi connectivity index (χ0) is 15.6. The van der Waals surface area contributed by atoms with Gasteiger partial charge in [0.2, 0.25) is 0 Å². The van der Waals surface area contributed by atoms with Gasteiger partial charge in [0.15, 0.2) is 17.5 Å². The van der Waals surface area contributed by atoms with Crippen molar-refractivity contribution in [3.8, 4) is 0 Å². The van der Waals surface area contributed by atoms with Crippen molar-refractivity contribution in [2.75, 3.05) is 0 Å². The van der Waals surface area contributed by atoms with Crippen LogP contribution in [-0.2, 0) is 6.42 Å². The second-order valence-corrected chi connectivity index (χ2v) is 5.41. The Balaban J connectivity index is 2.16. The monoisotopic (exact) mass is 294 g/mol. The molecule has 1 unspecified atom stereocenters. The minimum absolute atomic E-state index is 0.0272. The third-order valence-electron chi connectivity index (χ3n) is 3.47. The van der Waals surface area contributed by atoms with E-state index in [1.54, 1.807) is 0 Å². The lowest BCUT2D eigenvalue weighted by molar-refractivity contribution is 0.177. The summed E-state index contributed by atoms with van der Waals surface area (Å²) in [5, 5.41) is 10.0. The molecule has 0 aliphatic rings. The first-order valence-electron chi connectivity index (χ1n) is 6.80. The molecule has 112 valence electrons. The fourth-order valence-corrected chi connectivity index (χ4v) is 2.15. The molecule has 0 amide bonds. The van der Waals surface area contributed by atoms with E-state index in [9.17, 15) is 18.3 Å². The number of hydrogen-bond acceptors (Lipinski definition) is 1. The Morgan fingerprint density at radius 1 is 0.905 bits per heavy atom. The number of halogens is 3. The van der Waals surface area contributed by atoms with Crippen LogP contribution in [0.25, 0.3) is 0 Å². The van der Waals surface area contributed by atoms with E-state index in [1.165, 1.54) is 5.56 Å². The molecule has 0 spiro atoms. The smallest absolute Gasteiger partial charge is 0.194 e. The summed E-state index contributed by atoms with van der Waals surface area (Å²) >= 11 is 0. The van der Waals surface area contributed by atoms with Crippen LogP contribution >= 0.6 is 0 Å². The van der Waals surface area contributed by atoms with Crippen molar-refractivity contribution < 1.29 is 18.3 Å². The summed E-state index contributed by atoms with van der Waals surface area (Å²) in [6.07, 6.45) is -0.873. The van der Waals surface area contributed by atoms with E-state index < -0.39 is 23.6 Å². The van der Waals surface area contributed by atoms with Crippen LogP contribution in [0.15, 0.2) is 36.4 Å². The summed E-state index contributed by atoms with van der Waals surface area (Å²) in [7, 11) is 0. The molecule has 21 heavy (non-hydrogen) atoms. The van der Waals surface area contributed by atoms with Gasteiger partial charge in [0.05, 0.1) is 6.10 Å². The molecule has 2 aromatic carbocycles. The molecule has 0 saturated carbocycles. The van der Waals surface area contributed by atoms with Crippen LogP contribution < -0.4 is 0 Å². The lowest BCUT2D eigenvalue weighted by atomic mass is 9.97. The molecule has 0 saturated heterocycles. The normalized spacial score (nSPS) is 12.7. The highest BCUT2D eigenvalue weighted by Gasteiger charge is 2.16. The van der Waals surface area contributed by atoms with Crippen LogP contribution in [0, 0.1) is 17.5 Å².